The van der Waals surface area contributed by atoms with Gasteiger partial charge in [-0.1, -0.05) is 164 Å². The maximum atomic E-state index is 2.48. The summed E-state index contributed by atoms with van der Waals surface area (Å²) in [6.07, 6.45) is 0. The van der Waals surface area contributed by atoms with Crippen molar-refractivity contribution < 1.29 is 0 Å². The van der Waals surface area contributed by atoms with E-state index in [2.05, 4.69) is 205 Å². The molecule has 0 saturated carbocycles. The van der Waals surface area contributed by atoms with E-state index in [-0.39, 0.29) is 0 Å². The molecule has 12 aromatic rings. The maximum Gasteiger partial charge on any atom is 0.0547 e. The minimum atomic E-state index is 1.14. The Kier molecular flexibility index (Phi) is 7.34. The van der Waals surface area contributed by atoms with Crippen LogP contribution < -0.4 is 4.90 Å². The summed E-state index contributed by atoms with van der Waals surface area (Å²) >= 11 is 3.83. The highest BCUT2D eigenvalue weighted by atomic mass is 32.1. The molecule has 12 rings (SSSR count). The van der Waals surface area contributed by atoms with Crippen LogP contribution in [-0.4, -0.2) is 0 Å². The molecule has 0 spiro atoms. The fourth-order valence-electron chi connectivity index (χ4n) is 8.97. The molecule has 0 fully saturated rings. The largest absolute Gasteiger partial charge is 0.310 e. The summed E-state index contributed by atoms with van der Waals surface area (Å²) in [5, 5.41) is 12.7. The van der Waals surface area contributed by atoms with Crippen molar-refractivity contribution >= 4 is 112 Å². The van der Waals surface area contributed by atoms with E-state index in [1.807, 2.05) is 22.7 Å². The van der Waals surface area contributed by atoms with E-state index < -0.39 is 0 Å². The Morgan fingerprint density at radius 3 is 1.54 bits per heavy atom. The molecule has 2 aromatic heterocycles. The number of hydrogen-bond acceptors (Lipinski definition) is 3. The second-order valence-electron chi connectivity index (χ2n) is 14.8. The predicted molar refractivity (Wildman–Crippen MR) is 250 cm³/mol. The zero-order valence-corrected chi connectivity index (χ0v) is 32.4. The van der Waals surface area contributed by atoms with Gasteiger partial charge in [0.1, 0.15) is 0 Å². The lowest BCUT2D eigenvalue weighted by Gasteiger charge is -2.28. The zero-order valence-electron chi connectivity index (χ0n) is 30.8. The molecule has 0 unspecified atom stereocenters. The van der Waals surface area contributed by atoms with E-state index in [1.54, 1.807) is 0 Å². The molecular weight excluding hydrogens is 727 g/mol. The van der Waals surface area contributed by atoms with Gasteiger partial charge in [-0.25, -0.2) is 0 Å². The van der Waals surface area contributed by atoms with Crippen LogP contribution in [0.1, 0.15) is 0 Å². The van der Waals surface area contributed by atoms with Gasteiger partial charge in [0.25, 0.3) is 0 Å². The van der Waals surface area contributed by atoms with Crippen LogP contribution in [0.4, 0.5) is 17.1 Å². The zero-order chi connectivity index (χ0) is 37.5. The Morgan fingerprint density at radius 1 is 0.316 bits per heavy atom. The number of fused-ring (bicyclic) bond motifs is 10. The lowest BCUT2D eigenvalue weighted by Crippen LogP contribution is -2.10. The van der Waals surface area contributed by atoms with Gasteiger partial charge in [0.2, 0.25) is 0 Å². The lowest BCUT2D eigenvalue weighted by atomic mass is 9.95. The quantitative estimate of drug-likeness (QED) is 0.169. The van der Waals surface area contributed by atoms with E-state index in [9.17, 15) is 0 Å². The number of benzene rings is 10. The number of thiophene rings is 2. The fraction of sp³-hybridized carbons (Fsp3) is 0. The molecular formula is C54H33NS2. The van der Waals surface area contributed by atoms with E-state index in [4.69, 9.17) is 0 Å². The first-order valence-corrected chi connectivity index (χ1v) is 21.0. The van der Waals surface area contributed by atoms with Crippen LogP contribution in [0, 0.1) is 0 Å². The number of hydrogen-bond donors (Lipinski definition) is 0. The average Bonchev–Trinajstić information content (AvgIpc) is 3.86. The molecule has 10 aromatic carbocycles. The highest BCUT2D eigenvalue weighted by Crippen LogP contribution is 2.51. The van der Waals surface area contributed by atoms with Crippen LogP contribution >= 0.6 is 22.7 Å². The summed E-state index contributed by atoms with van der Waals surface area (Å²) in [6, 6.07) is 73.9. The molecule has 2 heterocycles. The van der Waals surface area contributed by atoms with E-state index in [1.165, 1.54) is 101 Å². The Labute approximate surface area is 337 Å². The summed E-state index contributed by atoms with van der Waals surface area (Å²) in [5.41, 5.74) is 8.55. The molecule has 0 aliphatic carbocycles. The Morgan fingerprint density at radius 2 is 0.842 bits per heavy atom. The highest BCUT2D eigenvalue weighted by Gasteiger charge is 2.22. The van der Waals surface area contributed by atoms with Gasteiger partial charge < -0.3 is 4.90 Å². The average molecular weight is 760 g/mol. The summed E-state index contributed by atoms with van der Waals surface area (Å²) in [6.45, 7) is 0. The molecule has 0 amide bonds. The van der Waals surface area contributed by atoms with Crippen LogP contribution in [0.5, 0.6) is 0 Å². The smallest absolute Gasteiger partial charge is 0.0547 e. The van der Waals surface area contributed by atoms with Crippen molar-refractivity contribution in [3.8, 4) is 22.3 Å². The molecule has 57 heavy (non-hydrogen) atoms. The molecule has 0 aliphatic heterocycles. The minimum absolute atomic E-state index is 1.14. The first kappa shape index (κ1) is 32.5. The van der Waals surface area contributed by atoms with E-state index in [0.29, 0.717) is 0 Å². The second-order valence-corrected chi connectivity index (χ2v) is 16.9. The minimum Gasteiger partial charge on any atom is -0.310 e. The van der Waals surface area contributed by atoms with Crippen LogP contribution in [0.2, 0.25) is 0 Å². The third-order valence-corrected chi connectivity index (χ3v) is 14.1. The van der Waals surface area contributed by atoms with Gasteiger partial charge in [-0.05, 0) is 74.6 Å². The van der Waals surface area contributed by atoms with Gasteiger partial charge in [-0.3, -0.25) is 0 Å². The summed E-state index contributed by atoms with van der Waals surface area (Å²) in [7, 11) is 0. The standard InChI is InChI=1S/C54H33NS2/c1-2-15-36(16-3-1)41-21-10-24-46-47-25-11-23-45(53(47)57-52(41)46)43-22-12-26-50-51(43)48-33-49(42-19-8-9-20-44(42)54(48)56-50)55(39-29-27-34-13-4-6-17-37(34)31-39)40-30-28-35-14-5-7-18-38(35)32-40/h1-33H. The summed E-state index contributed by atoms with van der Waals surface area (Å²) < 4.78 is 5.29. The van der Waals surface area contributed by atoms with Crippen LogP contribution in [0.3, 0.4) is 0 Å². The van der Waals surface area contributed by atoms with Gasteiger partial charge >= 0.3 is 0 Å². The lowest BCUT2D eigenvalue weighted by molar-refractivity contribution is 1.31. The van der Waals surface area contributed by atoms with Crippen molar-refractivity contribution in [1.29, 1.82) is 0 Å². The molecule has 0 saturated heterocycles. The van der Waals surface area contributed by atoms with Gasteiger partial charge in [-0.2, -0.15) is 0 Å². The summed E-state index contributed by atoms with van der Waals surface area (Å²) in [4.78, 5) is 2.48. The topological polar surface area (TPSA) is 3.24 Å². The van der Waals surface area contributed by atoms with Gasteiger partial charge in [0.05, 0.1) is 5.69 Å². The second kappa shape index (κ2) is 12.9. The highest BCUT2D eigenvalue weighted by molar-refractivity contribution is 7.27. The molecule has 3 heteroatoms. The predicted octanol–water partition coefficient (Wildman–Crippen LogP) is 16.7. The number of rotatable bonds is 5. The third kappa shape index (κ3) is 5.13. The third-order valence-electron chi connectivity index (χ3n) is 11.6. The van der Waals surface area contributed by atoms with Crippen LogP contribution in [0.25, 0.3) is 94.9 Å². The Bertz CT molecular complexity index is 3460. The first-order valence-electron chi connectivity index (χ1n) is 19.4. The monoisotopic (exact) mass is 759 g/mol. The molecule has 0 aliphatic rings. The number of nitrogens with zero attached hydrogens (tertiary/aromatic N) is 1. The van der Waals surface area contributed by atoms with Crippen molar-refractivity contribution in [1.82, 2.24) is 0 Å². The first-order chi connectivity index (χ1) is 28.3. The fourth-order valence-corrected chi connectivity index (χ4v) is 11.6. The van der Waals surface area contributed by atoms with Crippen molar-refractivity contribution in [3.05, 3.63) is 200 Å². The molecule has 1 nitrogen and oxygen atoms in total. The Balaban J connectivity index is 1.15. The van der Waals surface area contributed by atoms with Crippen molar-refractivity contribution in [2.24, 2.45) is 0 Å². The van der Waals surface area contributed by atoms with Crippen LogP contribution in [-0.2, 0) is 0 Å². The van der Waals surface area contributed by atoms with E-state index >= 15 is 0 Å². The SMILES string of the molecule is c1ccc(-c2cccc3c2sc2c(-c4cccc5sc6c7ccccc7c(N(c7ccc8ccccc8c7)c7ccc8ccccc8c7)cc6c45)cccc23)cc1. The van der Waals surface area contributed by atoms with Gasteiger partial charge in [0.15, 0.2) is 0 Å². The Hall–Kier alpha value is -6.78. The normalized spacial score (nSPS) is 11.9. The molecule has 266 valence electrons. The van der Waals surface area contributed by atoms with Gasteiger partial charge in [0, 0.05) is 68.1 Å². The molecule has 0 atom stereocenters. The van der Waals surface area contributed by atoms with E-state index in [0.717, 1.165) is 11.4 Å². The van der Waals surface area contributed by atoms with Gasteiger partial charge in [-0.15, -0.1) is 22.7 Å². The van der Waals surface area contributed by atoms with Crippen molar-refractivity contribution in [2.45, 2.75) is 0 Å². The van der Waals surface area contributed by atoms with Crippen molar-refractivity contribution in [2.75, 3.05) is 4.90 Å². The van der Waals surface area contributed by atoms with Crippen molar-refractivity contribution in [3.63, 3.8) is 0 Å². The van der Waals surface area contributed by atoms with Crippen LogP contribution in [0.15, 0.2) is 200 Å². The number of anilines is 3. The molecule has 0 bridgehead atoms. The molecule has 0 N–H and O–H groups in total. The summed E-state index contributed by atoms with van der Waals surface area (Å²) in [5.74, 6) is 0. The molecule has 0 radical (unpaired) electrons. The maximum absolute atomic E-state index is 2.48.